The standard InChI is InChI=1S/C21H26FN5O2/c1-14(23-19(29)21(6-7-21)15-4-3-5-16(22)12-15)17-13-18(28)25-20(24-17)27-10-8-26(2)9-11-27/h3-5,12-14H,6-11H2,1-2H3,(H,23,29)(H,24,25,28)/t14-/m0/s1. The first kappa shape index (κ1) is 19.6. The molecule has 0 radical (unpaired) electrons. The molecule has 1 aliphatic heterocycles. The Bertz CT molecular complexity index is 964. The maximum atomic E-state index is 13.6. The van der Waals surface area contributed by atoms with E-state index < -0.39 is 11.5 Å². The number of anilines is 1. The number of hydrogen-bond donors (Lipinski definition) is 2. The Balaban J connectivity index is 1.50. The van der Waals surface area contributed by atoms with Gasteiger partial charge in [-0.1, -0.05) is 12.1 Å². The van der Waals surface area contributed by atoms with E-state index in [1.54, 1.807) is 12.1 Å². The number of aromatic nitrogens is 2. The molecule has 0 spiro atoms. The van der Waals surface area contributed by atoms with E-state index in [-0.39, 0.29) is 17.3 Å². The number of carbonyl (C=O) groups is 1. The Morgan fingerprint density at radius 2 is 1.97 bits per heavy atom. The van der Waals surface area contributed by atoms with Gasteiger partial charge in [-0.15, -0.1) is 0 Å². The van der Waals surface area contributed by atoms with Crippen LogP contribution in [0.1, 0.15) is 37.1 Å². The third-order valence-corrected chi connectivity index (χ3v) is 5.90. The van der Waals surface area contributed by atoms with Gasteiger partial charge in [-0.25, -0.2) is 9.37 Å². The third kappa shape index (κ3) is 4.03. The van der Waals surface area contributed by atoms with E-state index in [0.717, 1.165) is 26.2 Å². The number of piperazine rings is 1. The van der Waals surface area contributed by atoms with Gasteiger partial charge in [0.2, 0.25) is 11.9 Å². The van der Waals surface area contributed by atoms with Crippen molar-refractivity contribution in [2.45, 2.75) is 31.2 Å². The molecule has 1 aromatic heterocycles. The predicted octanol–water partition coefficient (Wildman–Crippen LogP) is 1.57. The van der Waals surface area contributed by atoms with Gasteiger partial charge in [0, 0.05) is 32.2 Å². The maximum absolute atomic E-state index is 13.6. The van der Waals surface area contributed by atoms with Crippen LogP contribution in [-0.2, 0) is 10.2 Å². The van der Waals surface area contributed by atoms with E-state index in [4.69, 9.17) is 0 Å². The predicted molar refractivity (Wildman–Crippen MR) is 108 cm³/mol. The second-order valence-corrected chi connectivity index (χ2v) is 8.07. The summed E-state index contributed by atoms with van der Waals surface area (Å²) in [4.78, 5) is 36.8. The van der Waals surface area contributed by atoms with Crippen LogP contribution in [0, 0.1) is 5.82 Å². The minimum atomic E-state index is -0.683. The van der Waals surface area contributed by atoms with Crippen LogP contribution in [0.4, 0.5) is 10.3 Å². The molecule has 4 rings (SSSR count). The summed E-state index contributed by atoms with van der Waals surface area (Å²) >= 11 is 0. The maximum Gasteiger partial charge on any atom is 0.252 e. The molecule has 1 atom stereocenters. The summed E-state index contributed by atoms with van der Waals surface area (Å²) < 4.78 is 13.6. The number of carbonyl (C=O) groups excluding carboxylic acids is 1. The fourth-order valence-electron chi connectivity index (χ4n) is 3.82. The number of aromatic amines is 1. The molecule has 1 aromatic carbocycles. The summed E-state index contributed by atoms with van der Waals surface area (Å²) in [5, 5.41) is 2.98. The highest BCUT2D eigenvalue weighted by Crippen LogP contribution is 2.48. The van der Waals surface area contributed by atoms with Gasteiger partial charge in [0.05, 0.1) is 17.2 Å². The molecule has 2 aromatic rings. The first-order valence-electron chi connectivity index (χ1n) is 9.99. The lowest BCUT2D eigenvalue weighted by Gasteiger charge is -2.33. The summed E-state index contributed by atoms with van der Waals surface area (Å²) in [5.41, 5.74) is 0.291. The van der Waals surface area contributed by atoms with Crippen LogP contribution in [0.3, 0.4) is 0 Å². The normalized spacial score (nSPS) is 19.6. The van der Waals surface area contributed by atoms with Crippen molar-refractivity contribution in [2.24, 2.45) is 0 Å². The van der Waals surface area contributed by atoms with Gasteiger partial charge in [0.25, 0.3) is 5.56 Å². The SMILES string of the molecule is C[C@H](NC(=O)C1(c2cccc(F)c2)CC1)c1cc(=O)[nH]c(N2CCN(C)CC2)n1. The molecule has 0 bridgehead atoms. The zero-order valence-corrected chi connectivity index (χ0v) is 16.7. The van der Waals surface area contributed by atoms with Crippen molar-refractivity contribution >= 4 is 11.9 Å². The Labute approximate surface area is 168 Å². The van der Waals surface area contributed by atoms with Crippen LogP contribution in [0.5, 0.6) is 0 Å². The fourth-order valence-corrected chi connectivity index (χ4v) is 3.82. The second kappa shape index (κ2) is 7.59. The number of rotatable bonds is 5. The number of nitrogens with zero attached hydrogens (tertiary/aromatic N) is 3. The number of halogens is 1. The first-order chi connectivity index (χ1) is 13.9. The molecule has 2 aliphatic rings. The second-order valence-electron chi connectivity index (χ2n) is 8.07. The van der Waals surface area contributed by atoms with Crippen molar-refractivity contribution in [2.75, 3.05) is 38.1 Å². The molecule has 1 amide bonds. The van der Waals surface area contributed by atoms with Gasteiger partial charge in [-0.2, -0.15) is 0 Å². The smallest absolute Gasteiger partial charge is 0.252 e. The highest BCUT2D eigenvalue weighted by atomic mass is 19.1. The molecule has 154 valence electrons. The van der Waals surface area contributed by atoms with Crippen LogP contribution in [0.25, 0.3) is 0 Å². The van der Waals surface area contributed by atoms with Crippen LogP contribution in [-0.4, -0.2) is 54.0 Å². The van der Waals surface area contributed by atoms with Gasteiger partial charge in [0.1, 0.15) is 5.82 Å². The molecule has 8 heteroatoms. The Hall–Kier alpha value is -2.74. The van der Waals surface area contributed by atoms with Crippen molar-refractivity contribution in [3.05, 3.63) is 57.8 Å². The Morgan fingerprint density at radius 1 is 1.24 bits per heavy atom. The van der Waals surface area contributed by atoms with Crippen molar-refractivity contribution in [3.8, 4) is 0 Å². The summed E-state index contributed by atoms with van der Waals surface area (Å²) in [7, 11) is 2.06. The highest BCUT2D eigenvalue weighted by Gasteiger charge is 2.51. The lowest BCUT2D eigenvalue weighted by molar-refractivity contribution is -0.124. The van der Waals surface area contributed by atoms with Crippen LogP contribution in [0.2, 0.25) is 0 Å². The van der Waals surface area contributed by atoms with E-state index in [1.807, 2.05) is 6.92 Å². The molecule has 2 N–H and O–H groups in total. The molecule has 1 saturated carbocycles. The van der Waals surface area contributed by atoms with Gasteiger partial charge >= 0.3 is 0 Å². The Kier molecular flexibility index (Phi) is 5.12. The largest absolute Gasteiger partial charge is 0.347 e. The average Bonchev–Trinajstić information content (AvgIpc) is 3.50. The molecule has 2 fully saturated rings. The topological polar surface area (TPSA) is 81.3 Å². The number of amides is 1. The van der Waals surface area contributed by atoms with E-state index >= 15 is 0 Å². The number of benzene rings is 1. The molecule has 1 saturated heterocycles. The van der Waals surface area contributed by atoms with Crippen molar-refractivity contribution in [1.29, 1.82) is 0 Å². The molecular weight excluding hydrogens is 373 g/mol. The minimum absolute atomic E-state index is 0.154. The van der Waals surface area contributed by atoms with Gasteiger partial charge in [-0.3, -0.25) is 14.6 Å². The molecule has 1 aliphatic carbocycles. The Morgan fingerprint density at radius 3 is 2.62 bits per heavy atom. The summed E-state index contributed by atoms with van der Waals surface area (Å²) in [6, 6.07) is 7.21. The third-order valence-electron chi connectivity index (χ3n) is 5.90. The van der Waals surface area contributed by atoms with Gasteiger partial charge < -0.3 is 15.1 Å². The van der Waals surface area contributed by atoms with E-state index in [2.05, 4.69) is 32.1 Å². The van der Waals surface area contributed by atoms with Gasteiger partial charge in [0.15, 0.2) is 0 Å². The average molecular weight is 399 g/mol. The minimum Gasteiger partial charge on any atom is -0.347 e. The number of H-pyrrole nitrogens is 1. The zero-order chi connectivity index (χ0) is 20.6. The van der Waals surface area contributed by atoms with Crippen LogP contribution in [0.15, 0.2) is 35.1 Å². The van der Waals surface area contributed by atoms with E-state index in [9.17, 15) is 14.0 Å². The van der Waals surface area contributed by atoms with Crippen LogP contribution >= 0.6 is 0 Å². The monoisotopic (exact) mass is 399 g/mol. The molecule has 0 unspecified atom stereocenters. The lowest BCUT2D eigenvalue weighted by atomic mass is 9.94. The fraction of sp³-hybridized carbons (Fsp3) is 0.476. The number of hydrogen-bond acceptors (Lipinski definition) is 5. The van der Waals surface area contributed by atoms with E-state index in [1.165, 1.54) is 18.2 Å². The molecular formula is C21H26FN5O2. The summed E-state index contributed by atoms with van der Waals surface area (Å²) in [6.07, 6.45) is 1.37. The zero-order valence-electron chi connectivity index (χ0n) is 16.7. The summed E-state index contributed by atoms with van der Waals surface area (Å²) in [5.74, 6) is 0.0366. The van der Waals surface area contributed by atoms with Gasteiger partial charge in [-0.05, 0) is 44.5 Å². The molecule has 7 nitrogen and oxygen atoms in total. The highest BCUT2D eigenvalue weighted by molar-refractivity contribution is 5.91. The van der Waals surface area contributed by atoms with Crippen molar-refractivity contribution in [1.82, 2.24) is 20.2 Å². The number of nitrogens with one attached hydrogen (secondary N) is 2. The first-order valence-corrected chi connectivity index (χ1v) is 9.99. The van der Waals surface area contributed by atoms with Crippen LogP contribution < -0.4 is 15.8 Å². The number of likely N-dealkylation sites (N-methyl/N-ethyl adjacent to an activating group) is 1. The quantitative estimate of drug-likeness (QED) is 0.798. The lowest BCUT2D eigenvalue weighted by Crippen LogP contribution is -2.45. The molecule has 2 heterocycles. The molecule has 29 heavy (non-hydrogen) atoms. The van der Waals surface area contributed by atoms with Crippen molar-refractivity contribution in [3.63, 3.8) is 0 Å². The van der Waals surface area contributed by atoms with Crippen molar-refractivity contribution < 1.29 is 9.18 Å². The van der Waals surface area contributed by atoms with E-state index in [0.29, 0.717) is 30.0 Å². The summed E-state index contributed by atoms with van der Waals surface area (Å²) in [6.45, 7) is 5.18.